The standard InChI is InChI=1S/C13H20ClNO2/c1-11-4-5-12(14)10-13(11)17-8-3-6-15-7-9-16-2/h4-5,10,15H,3,6-9H2,1-2H3. The molecule has 0 unspecified atom stereocenters. The lowest BCUT2D eigenvalue weighted by Gasteiger charge is -2.09. The summed E-state index contributed by atoms with van der Waals surface area (Å²) in [6.07, 6.45) is 0.968. The van der Waals surface area contributed by atoms with Gasteiger partial charge < -0.3 is 14.8 Å². The highest BCUT2D eigenvalue weighted by Gasteiger charge is 2.00. The maximum Gasteiger partial charge on any atom is 0.123 e. The number of hydrogen-bond donors (Lipinski definition) is 1. The molecule has 0 bridgehead atoms. The predicted molar refractivity (Wildman–Crippen MR) is 71.0 cm³/mol. The number of hydrogen-bond acceptors (Lipinski definition) is 3. The van der Waals surface area contributed by atoms with Gasteiger partial charge in [-0.1, -0.05) is 17.7 Å². The Balaban J connectivity index is 2.15. The maximum atomic E-state index is 5.91. The molecular weight excluding hydrogens is 238 g/mol. The van der Waals surface area contributed by atoms with Gasteiger partial charge in [-0.05, 0) is 37.6 Å². The Morgan fingerprint density at radius 1 is 1.24 bits per heavy atom. The van der Waals surface area contributed by atoms with E-state index in [0.717, 1.165) is 37.4 Å². The Morgan fingerprint density at radius 3 is 2.82 bits per heavy atom. The van der Waals surface area contributed by atoms with Crippen LogP contribution in [0.3, 0.4) is 0 Å². The fraction of sp³-hybridized carbons (Fsp3) is 0.538. The third-order valence-electron chi connectivity index (χ3n) is 2.39. The van der Waals surface area contributed by atoms with E-state index in [0.29, 0.717) is 11.6 Å². The van der Waals surface area contributed by atoms with Crippen LogP contribution in [0.5, 0.6) is 5.75 Å². The lowest BCUT2D eigenvalue weighted by molar-refractivity contribution is 0.198. The summed E-state index contributed by atoms with van der Waals surface area (Å²) in [5, 5.41) is 3.98. The molecule has 0 aliphatic carbocycles. The normalized spacial score (nSPS) is 10.5. The highest BCUT2D eigenvalue weighted by atomic mass is 35.5. The number of halogens is 1. The molecule has 0 aromatic heterocycles. The van der Waals surface area contributed by atoms with Crippen molar-refractivity contribution >= 4 is 11.6 Å². The first-order chi connectivity index (χ1) is 8.24. The van der Waals surface area contributed by atoms with Gasteiger partial charge in [0.15, 0.2) is 0 Å². The fourth-order valence-corrected chi connectivity index (χ4v) is 1.57. The monoisotopic (exact) mass is 257 g/mol. The van der Waals surface area contributed by atoms with Crippen LogP contribution in [0.1, 0.15) is 12.0 Å². The highest BCUT2D eigenvalue weighted by Crippen LogP contribution is 2.22. The number of nitrogens with one attached hydrogen (secondary N) is 1. The fourth-order valence-electron chi connectivity index (χ4n) is 1.41. The summed E-state index contributed by atoms with van der Waals surface area (Å²) in [5.74, 6) is 0.870. The molecule has 0 aliphatic heterocycles. The van der Waals surface area contributed by atoms with Crippen LogP contribution in [0.25, 0.3) is 0 Å². The Kier molecular flexibility index (Phi) is 7.01. The topological polar surface area (TPSA) is 30.5 Å². The molecule has 96 valence electrons. The molecule has 1 N–H and O–H groups in total. The van der Waals surface area contributed by atoms with Crippen molar-refractivity contribution in [3.8, 4) is 5.75 Å². The van der Waals surface area contributed by atoms with E-state index in [9.17, 15) is 0 Å². The van der Waals surface area contributed by atoms with E-state index in [1.165, 1.54) is 0 Å². The molecule has 17 heavy (non-hydrogen) atoms. The van der Waals surface area contributed by atoms with E-state index < -0.39 is 0 Å². The first-order valence-corrected chi connectivity index (χ1v) is 6.20. The van der Waals surface area contributed by atoms with Crippen LogP contribution in [-0.4, -0.2) is 33.4 Å². The van der Waals surface area contributed by atoms with Crippen molar-refractivity contribution in [1.29, 1.82) is 0 Å². The molecule has 0 atom stereocenters. The summed E-state index contributed by atoms with van der Waals surface area (Å²) in [4.78, 5) is 0. The maximum absolute atomic E-state index is 5.91. The Bertz CT molecular complexity index is 331. The first-order valence-electron chi connectivity index (χ1n) is 5.82. The minimum absolute atomic E-state index is 0.696. The Labute approximate surface area is 108 Å². The lowest BCUT2D eigenvalue weighted by Crippen LogP contribution is -2.21. The molecule has 0 saturated heterocycles. The number of aryl methyl sites for hydroxylation is 1. The lowest BCUT2D eigenvalue weighted by atomic mass is 10.2. The molecule has 1 aromatic carbocycles. The number of ether oxygens (including phenoxy) is 2. The van der Waals surface area contributed by atoms with Gasteiger partial charge in [0, 0.05) is 18.7 Å². The Hall–Kier alpha value is -0.770. The minimum Gasteiger partial charge on any atom is -0.493 e. The zero-order valence-electron chi connectivity index (χ0n) is 10.5. The number of benzene rings is 1. The van der Waals surface area contributed by atoms with Crippen LogP contribution >= 0.6 is 11.6 Å². The van der Waals surface area contributed by atoms with Gasteiger partial charge in [-0.2, -0.15) is 0 Å². The molecule has 0 radical (unpaired) electrons. The van der Waals surface area contributed by atoms with E-state index in [1.54, 1.807) is 7.11 Å². The molecule has 0 fully saturated rings. The molecule has 1 rings (SSSR count). The highest BCUT2D eigenvalue weighted by molar-refractivity contribution is 6.30. The van der Waals surface area contributed by atoms with E-state index in [2.05, 4.69) is 5.32 Å². The van der Waals surface area contributed by atoms with Crippen LogP contribution in [0.15, 0.2) is 18.2 Å². The molecule has 0 heterocycles. The SMILES string of the molecule is COCCNCCCOc1cc(Cl)ccc1C. The van der Waals surface area contributed by atoms with Gasteiger partial charge in [0.25, 0.3) is 0 Å². The van der Waals surface area contributed by atoms with Crippen molar-refractivity contribution < 1.29 is 9.47 Å². The zero-order valence-corrected chi connectivity index (χ0v) is 11.2. The molecule has 1 aromatic rings. The molecule has 3 nitrogen and oxygen atoms in total. The smallest absolute Gasteiger partial charge is 0.123 e. The van der Waals surface area contributed by atoms with Gasteiger partial charge >= 0.3 is 0 Å². The molecule has 0 spiro atoms. The number of methoxy groups -OCH3 is 1. The summed E-state index contributed by atoms with van der Waals surface area (Å²) in [7, 11) is 1.70. The van der Waals surface area contributed by atoms with E-state index in [4.69, 9.17) is 21.1 Å². The van der Waals surface area contributed by atoms with Crippen molar-refractivity contribution in [3.63, 3.8) is 0 Å². The van der Waals surface area contributed by atoms with Crippen molar-refractivity contribution in [2.45, 2.75) is 13.3 Å². The van der Waals surface area contributed by atoms with Gasteiger partial charge in [-0.15, -0.1) is 0 Å². The number of rotatable bonds is 8. The molecule has 0 amide bonds. The van der Waals surface area contributed by atoms with Gasteiger partial charge in [0.2, 0.25) is 0 Å². The van der Waals surface area contributed by atoms with Crippen LogP contribution in [-0.2, 0) is 4.74 Å². The van der Waals surface area contributed by atoms with Crippen LogP contribution in [0.2, 0.25) is 5.02 Å². The average Bonchev–Trinajstić information content (AvgIpc) is 2.32. The summed E-state index contributed by atoms with van der Waals surface area (Å²) in [5.41, 5.74) is 1.11. The van der Waals surface area contributed by atoms with Gasteiger partial charge in [-0.3, -0.25) is 0 Å². The van der Waals surface area contributed by atoms with E-state index >= 15 is 0 Å². The molecule has 0 aliphatic rings. The molecular formula is C13H20ClNO2. The average molecular weight is 258 g/mol. The second-order valence-electron chi connectivity index (χ2n) is 3.85. The van der Waals surface area contributed by atoms with Gasteiger partial charge in [0.05, 0.1) is 13.2 Å². The molecule has 4 heteroatoms. The van der Waals surface area contributed by atoms with Crippen LogP contribution in [0.4, 0.5) is 0 Å². The third-order valence-corrected chi connectivity index (χ3v) is 2.62. The summed E-state index contributed by atoms with van der Waals surface area (Å²) >= 11 is 5.91. The van der Waals surface area contributed by atoms with Crippen LogP contribution < -0.4 is 10.1 Å². The van der Waals surface area contributed by atoms with Crippen molar-refractivity contribution in [3.05, 3.63) is 28.8 Å². The summed E-state index contributed by atoms with van der Waals surface area (Å²) < 4.78 is 10.6. The van der Waals surface area contributed by atoms with Crippen LogP contribution in [0, 0.1) is 6.92 Å². The van der Waals surface area contributed by atoms with Gasteiger partial charge in [-0.25, -0.2) is 0 Å². The Morgan fingerprint density at radius 2 is 2.06 bits per heavy atom. The quantitative estimate of drug-likeness (QED) is 0.727. The second-order valence-corrected chi connectivity index (χ2v) is 4.29. The second kappa shape index (κ2) is 8.34. The molecule has 0 saturated carbocycles. The van der Waals surface area contributed by atoms with Crippen molar-refractivity contribution in [2.24, 2.45) is 0 Å². The van der Waals surface area contributed by atoms with Crippen molar-refractivity contribution in [1.82, 2.24) is 5.32 Å². The predicted octanol–water partition coefficient (Wildman–Crippen LogP) is 2.65. The first kappa shape index (κ1) is 14.3. The van der Waals surface area contributed by atoms with E-state index in [-0.39, 0.29) is 0 Å². The van der Waals surface area contributed by atoms with E-state index in [1.807, 2.05) is 25.1 Å². The third kappa shape index (κ3) is 5.91. The largest absolute Gasteiger partial charge is 0.493 e. The van der Waals surface area contributed by atoms with Crippen molar-refractivity contribution in [2.75, 3.05) is 33.4 Å². The van der Waals surface area contributed by atoms with Gasteiger partial charge in [0.1, 0.15) is 5.75 Å². The summed E-state index contributed by atoms with van der Waals surface area (Å²) in [6, 6.07) is 5.69. The zero-order chi connectivity index (χ0) is 12.5. The summed E-state index contributed by atoms with van der Waals surface area (Å²) in [6.45, 7) is 5.27. The minimum atomic E-state index is 0.696.